The van der Waals surface area contributed by atoms with Crippen LogP contribution in [0.15, 0.2) is 77.9 Å². The van der Waals surface area contributed by atoms with E-state index in [0.717, 1.165) is 31.6 Å². The smallest absolute Gasteiger partial charge is 0.343 e. The Morgan fingerprint density at radius 1 is 0.976 bits per heavy atom. The largest absolute Gasteiger partial charge is 0.493 e. The van der Waals surface area contributed by atoms with Gasteiger partial charge in [0.25, 0.3) is 5.69 Å². The first-order valence-electron chi connectivity index (χ1n) is 12.8. The Bertz CT molecular complexity index is 1560. The van der Waals surface area contributed by atoms with E-state index in [2.05, 4.69) is 35.7 Å². The second-order valence-electron chi connectivity index (χ2n) is 8.94. The molecule has 1 fully saturated rings. The minimum atomic E-state index is -0.676. The van der Waals surface area contributed by atoms with Crippen LogP contribution in [-0.2, 0) is 0 Å². The van der Waals surface area contributed by atoms with Gasteiger partial charge in [0.05, 0.1) is 23.8 Å². The molecule has 2 heterocycles. The summed E-state index contributed by atoms with van der Waals surface area (Å²) in [5, 5.41) is 18.3. The molecule has 208 valence electrons. The summed E-state index contributed by atoms with van der Waals surface area (Å²) < 4.78 is 10.8. The summed E-state index contributed by atoms with van der Waals surface area (Å²) in [4.78, 5) is 38.5. The number of carbonyl (C=O) groups excluding carboxylic acids is 1. The van der Waals surface area contributed by atoms with Gasteiger partial charge in [-0.25, -0.2) is 10.2 Å². The van der Waals surface area contributed by atoms with E-state index in [1.165, 1.54) is 31.4 Å². The zero-order chi connectivity index (χ0) is 28.6. The third kappa shape index (κ3) is 6.89. The highest BCUT2D eigenvalue weighted by Crippen LogP contribution is 2.29. The van der Waals surface area contributed by atoms with Crippen molar-refractivity contribution in [3.8, 4) is 11.5 Å². The van der Waals surface area contributed by atoms with Crippen LogP contribution in [-0.4, -0.2) is 52.3 Å². The summed E-state index contributed by atoms with van der Waals surface area (Å²) >= 11 is 0. The van der Waals surface area contributed by atoms with Crippen LogP contribution in [0.2, 0.25) is 0 Å². The van der Waals surface area contributed by atoms with Crippen molar-refractivity contribution in [2.24, 2.45) is 5.10 Å². The van der Waals surface area contributed by atoms with E-state index in [4.69, 9.17) is 9.47 Å². The summed E-state index contributed by atoms with van der Waals surface area (Å²) in [5.41, 5.74) is 4.42. The van der Waals surface area contributed by atoms with Crippen LogP contribution >= 0.6 is 0 Å². The van der Waals surface area contributed by atoms with Crippen LogP contribution in [0, 0.1) is 10.1 Å². The predicted octanol–water partition coefficient (Wildman–Crippen LogP) is 4.80. The highest BCUT2D eigenvalue weighted by molar-refractivity contribution is 5.92. The molecule has 3 aromatic carbocycles. The van der Waals surface area contributed by atoms with Gasteiger partial charge in [0, 0.05) is 30.9 Å². The maximum atomic E-state index is 12.5. The number of nitrogens with one attached hydrogen (secondary N) is 2. The van der Waals surface area contributed by atoms with Crippen LogP contribution in [0.25, 0.3) is 0 Å². The molecule has 13 nitrogen and oxygen atoms in total. The normalized spacial score (nSPS) is 12.8. The van der Waals surface area contributed by atoms with E-state index >= 15 is 0 Å². The van der Waals surface area contributed by atoms with Gasteiger partial charge in [0.15, 0.2) is 11.5 Å². The number of nitro benzene ring substituents is 1. The van der Waals surface area contributed by atoms with Gasteiger partial charge >= 0.3 is 5.97 Å². The van der Waals surface area contributed by atoms with Gasteiger partial charge in [0.1, 0.15) is 0 Å². The topological polar surface area (TPSA) is 157 Å². The standard InChI is InChI=1S/C28H26N8O5/c1-40-24-17-19(9-14-23(24)41-25(37)20-10-12-22(13-11-20)36(38)39)18-29-34-27-31-26(30-21-7-3-2-4-8-21)32-28(33-27)35-15-5-6-16-35/h2-4,7-14,17-18H,5-6,15-16H2,1H3,(H2,30,31,32,33,34)/b29-18-. The molecule has 0 amide bonds. The van der Waals surface area contributed by atoms with Crippen molar-refractivity contribution < 1.29 is 19.2 Å². The molecule has 0 atom stereocenters. The molecule has 4 aromatic rings. The first-order valence-corrected chi connectivity index (χ1v) is 12.8. The number of anilines is 4. The van der Waals surface area contributed by atoms with Crippen molar-refractivity contribution in [2.45, 2.75) is 12.8 Å². The van der Waals surface area contributed by atoms with E-state index in [1.807, 2.05) is 30.3 Å². The molecule has 0 aliphatic carbocycles. The second-order valence-corrected chi connectivity index (χ2v) is 8.94. The number of nitrogens with zero attached hydrogens (tertiary/aromatic N) is 6. The maximum Gasteiger partial charge on any atom is 0.343 e. The molecule has 5 rings (SSSR count). The molecule has 1 aliphatic heterocycles. The molecular formula is C28H26N8O5. The lowest BCUT2D eigenvalue weighted by Gasteiger charge is -2.16. The third-order valence-electron chi connectivity index (χ3n) is 6.12. The first kappa shape index (κ1) is 27.0. The van der Waals surface area contributed by atoms with Gasteiger partial charge < -0.3 is 19.7 Å². The van der Waals surface area contributed by atoms with Crippen molar-refractivity contribution in [3.63, 3.8) is 0 Å². The number of hydrogen-bond acceptors (Lipinski definition) is 12. The Labute approximate surface area is 235 Å². The molecular weight excluding hydrogens is 528 g/mol. The molecule has 13 heteroatoms. The summed E-state index contributed by atoms with van der Waals surface area (Å²) in [6.45, 7) is 1.75. The highest BCUT2D eigenvalue weighted by Gasteiger charge is 2.18. The maximum absolute atomic E-state index is 12.5. The van der Waals surface area contributed by atoms with Gasteiger partial charge in [-0.15, -0.1) is 0 Å². The number of benzene rings is 3. The number of hydrogen-bond donors (Lipinski definition) is 2. The van der Waals surface area contributed by atoms with Gasteiger partial charge in [-0.2, -0.15) is 20.1 Å². The third-order valence-corrected chi connectivity index (χ3v) is 6.12. The summed E-state index contributed by atoms with van der Waals surface area (Å²) in [6.07, 6.45) is 3.71. The van der Waals surface area contributed by atoms with Gasteiger partial charge in [-0.05, 0) is 60.9 Å². The number of methoxy groups -OCH3 is 1. The fourth-order valence-electron chi connectivity index (χ4n) is 4.07. The van der Waals surface area contributed by atoms with Gasteiger partial charge in [-0.3, -0.25) is 10.1 Å². The first-order chi connectivity index (χ1) is 20.0. The number of hydrazone groups is 1. The monoisotopic (exact) mass is 554 g/mol. The Hall–Kier alpha value is -5.59. The Kier molecular flexibility index (Phi) is 8.24. The summed E-state index contributed by atoms with van der Waals surface area (Å²) in [5.74, 6) is 1.04. The number of ether oxygens (including phenoxy) is 2. The minimum Gasteiger partial charge on any atom is -0.493 e. The Morgan fingerprint density at radius 2 is 1.71 bits per heavy atom. The van der Waals surface area contributed by atoms with Crippen molar-refractivity contribution in [1.29, 1.82) is 0 Å². The quantitative estimate of drug-likeness (QED) is 0.0912. The lowest BCUT2D eigenvalue weighted by molar-refractivity contribution is -0.384. The molecule has 1 aliphatic rings. The zero-order valence-electron chi connectivity index (χ0n) is 22.1. The Morgan fingerprint density at radius 3 is 2.41 bits per heavy atom. The van der Waals surface area contributed by atoms with Crippen molar-refractivity contribution in [1.82, 2.24) is 15.0 Å². The van der Waals surface area contributed by atoms with Crippen LogP contribution in [0.4, 0.5) is 29.2 Å². The molecule has 0 bridgehead atoms. The molecule has 0 unspecified atom stereocenters. The second kappa shape index (κ2) is 12.5. The number of esters is 1. The lowest BCUT2D eigenvalue weighted by Crippen LogP contribution is -2.21. The molecule has 0 spiro atoms. The van der Waals surface area contributed by atoms with E-state index < -0.39 is 10.9 Å². The van der Waals surface area contributed by atoms with E-state index in [9.17, 15) is 14.9 Å². The molecule has 0 radical (unpaired) electrons. The van der Waals surface area contributed by atoms with Crippen LogP contribution in [0.3, 0.4) is 0 Å². The van der Waals surface area contributed by atoms with Crippen molar-refractivity contribution >= 4 is 41.4 Å². The molecule has 1 saturated heterocycles. The van der Waals surface area contributed by atoms with Crippen LogP contribution in [0.5, 0.6) is 11.5 Å². The number of carbonyl (C=O) groups is 1. The van der Waals surface area contributed by atoms with E-state index in [0.29, 0.717) is 23.2 Å². The summed E-state index contributed by atoms with van der Waals surface area (Å²) in [7, 11) is 1.45. The lowest BCUT2D eigenvalue weighted by atomic mass is 10.2. The summed E-state index contributed by atoms with van der Waals surface area (Å²) in [6, 6.07) is 19.7. The van der Waals surface area contributed by atoms with E-state index in [-0.39, 0.29) is 22.9 Å². The fraction of sp³-hybridized carbons (Fsp3) is 0.179. The predicted molar refractivity (Wildman–Crippen MR) is 153 cm³/mol. The average Bonchev–Trinajstić information content (AvgIpc) is 3.54. The number of aromatic nitrogens is 3. The number of non-ortho nitro benzene ring substituents is 1. The average molecular weight is 555 g/mol. The zero-order valence-corrected chi connectivity index (χ0v) is 22.1. The number of para-hydroxylation sites is 1. The van der Waals surface area contributed by atoms with Gasteiger partial charge in [0.2, 0.25) is 17.8 Å². The number of nitro groups is 1. The molecule has 1 aromatic heterocycles. The van der Waals surface area contributed by atoms with E-state index in [1.54, 1.807) is 24.4 Å². The molecule has 0 saturated carbocycles. The van der Waals surface area contributed by atoms with Crippen LogP contribution in [0.1, 0.15) is 28.8 Å². The SMILES string of the molecule is COc1cc(/C=N\Nc2nc(Nc3ccccc3)nc(N3CCCC3)n2)ccc1OC(=O)c1ccc([N+](=O)[O-])cc1. The molecule has 41 heavy (non-hydrogen) atoms. The minimum absolute atomic E-state index is 0.121. The Balaban J connectivity index is 1.29. The number of rotatable bonds is 10. The van der Waals surface area contributed by atoms with Gasteiger partial charge in [-0.1, -0.05) is 18.2 Å². The van der Waals surface area contributed by atoms with Crippen LogP contribution < -0.4 is 25.1 Å². The van der Waals surface area contributed by atoms with Crippen molar-refractivity contribution in [3.05, 3.63) is 94.0 Å². The molecule has 2 N–H and O–H groups in total. The highest BCUT2D eigenvalue weighted by atomic mass is 16.6. The van der Waals surface area contributed by atoms with Crippen molar-refractivity contribution in [2.75, 3.05) is 35.8 Å². The fourth-order valence-corrected chi connectivity index (χ4v) is 4.07.